The van der Waals surface area contributed by atoms with Crippen molar-refractivity contribution >= 4 is 21.4 Å². The summed E-state index contributed by atoms with van der Waals surface area (Å²) in [5.41, 5.74) is 0. The molecule has 1 unspecified atom stereocenters. The van der Waals surface area contributed by atoms with Crippen molar-refractivity contribution in [3.8, 4) is 0 Å². The van der Waals surface area contributed by atoms with Crippen LogP contribution in [0.4, 0.5) is 0 Å². The van der Waals surface area contributed by atoms with Crippen LogP contribution in [0.3, 0.4) is 0 Å². The van der Waals surface area contributed by atoms with Crippen LogP contribution < -0.4 is 10.0 Å². The van der Waals surface area contributed by atoms with Crippen LogP contribution in [0.15, 0.2) is 16.3 Å². The molecule has 0 amide bonds. The van der Waals surface area contributed by atoms with E-state index in [4.69, 9.17) is 4.74 Å². The van der Waals surface area contributed by atoms with Crippen LogP contribution in [-0.4, -0.2) is 34.7 Å². The molecule has 0 aliphatic carbocycles. The monoisotopic (exact) mass is 318 g/mol. The molecular formula is C13H22N2O3S2. The second-order valence-electron chi connectivity index (χ2n) is 4.93. The molecular weight excluding hydrogens is 296 g/mol. The molecule has 114 valence electrons. The van der Waals surface area contributed by atoms with Gasteiger partial charge in [-0.25, -0.2) is 13.1 Å². The van der Waals surface area contributed by atoms with Gasteiger partial charge in [-0.2, -0.15) is 0 Å². The van der Waals surface area contributed by atoms with E-state index in [0.717, 1.165) is 30.7 Å². The van der Waals surface area contributed by atoms with Crippen LogP contribution in [0.2, 0.25) is 0 Å². The van der Waals surface area contributed by atoms with Gasteiger partial charge in [0, 0.05) is 24.6 Å². The van der Waals surface area contributed by atoms with Crippen LogP contribution in [0.25, 0.3) is 0 Å². The number of ether oxygens (including phenoxy) is 1. The fraction of sp³-hybridized carbons (Fsp3) is 0.692. The highest BCUT2D eigenvalue weighted by molar-refractivity contribution is 7.91. The van der Waals surface area contributed by atoms with Crippen LogP contribution in [0.1, 0.15) is 30.6 Å². The van der Waals surface area contributed by atoms with Crippen molar-refractivity contribution in [2.24, 2.45) is 0 Å². The highest BCUT2D eigenvalue weighted by Crippen LogP contribution is 2.21. The minimum Gasteiger partial charge on any atom is -0.378 e. The summed E-state index contributed by atoms with van der Waals surface area (Å²) in [6.45, 7) is 1.93. The predicted molar refractivity (Wildman–Crippen MR) is 80.5 cm³/mol. The molecule has 1 aliphatic heterocycles. The smallest absolute Gasteiger partial charge is 0.250 e. The van der Waals surface area contributed by atoms with Gasteiger partial charge in [0.05, 0.1) is 6.10 Å². The fourth-order valence-electron chi connectivity index (χ4n) is 2.23. The molecule has 7 heteroatoms. The number of thiophene rings is 1. The molecule has 1 atom stereocenters. The molecule has 2 N–H and O–H groups in total. The summed E-state index contributed by atoms with van der Waals surface area (Å²) in [6, 6.07) is 3.51. The van der Waals surface area contributed by atoms with E-state index < -0.39 is 10.0 Å². The molecule has 0 radical (unpaired) electrons. The first-order chi connectivity index (χ1) is 9.62. The molecule has 0 aromatic carbocycles. The SMILES string of the molecule is CNCc1ccc(S(=O)(=O)NCCC2CCCCO2)s1. The maximum atomic E-state index is 12.1. The van der Waals surface area contributed by atoms with Gasteiger partial charge in [0.1, 0.15) is 4.21 Å². The fourth-order valence-corrected chi connectivity index (χ4v) is 4.69. The molecule has 1 aliphatic rings. The Kier molecular flexibility index (Phi) is 5.98. The molecule has 0 spiro atoms. The Balaban J connectivity index is 1.83. The zero-order valence-corrected chi connectivity index (χ0v) is 13.4. The van der Waals surface area contributed by atoms with Crippen molar-refractivity contribution < 1.29 is 13.2 Å². The van der Waals surface area contributed by atoms with E-state index in [1.807, 2.05) is 13.1 Å². The van der Waals surface area contributed by atoms with Crippen LogP contribution in [0.5, 0.6) is 0 Å². The zero-order chi connectivity index (χ0) is 14.4. The Morgan fingerprint density at radius 2 is 2.25 bits per heavy atom. The van der Waals surface area contributed by atoms with E-state index in [1.165, 1.54) is 17.8 Å². The van der Waals surface area contributed by atoms with Crippen molar-refractivity contribution in [2.45, 2.75) is 42.5 Å². The van der Waals surface area contributed by atoms with Crippen molar-refractivity contribution in [2.75, 3.05) is 20.2 Å². The quantitative estimate of drug-likeness (QED) is 0.803. The highest BCUT2D eigenvalue weighted by atomic mass is 32.2. The summed E-state index contributed by atoms with van der Waals surface area (Å²) in [7, 11) is -1.53. The third kappa shape index (κ3) is 4.53. The largest absolute Gasteiger partial charge is 0.378 e. The predicted octanol–water partition coefficient (Wildman–Crippen LogP) is 1.70. The molecule has 1 saturated heterocycles. The lowest BCUT2D eigenvalue weighted by Gasteiger charge is -2.22. The maximum absolute atomic E-state index is 12.1. The lowest BCUT2D eigenvalue weighted by atomic mass is 10.1. The summed E-state index contributed by atoms with van der Waals surface area (Å²) < 4.78 is 32.9. The van der Waals surface area contributed by atoms with Crippen molar-refractivity contribution in [1.82, 2.24) is 10.0 Å². The summed E-state index contributed by atoms with van der Waals surface area (Å²) >= 11 is 1.31. The summed E-state index contributed by atoms with van der Waals surface area (Å²) in [4.78, 5) is 1.02. The Bertz CT molecular complexity index is 507. The number of nitrogens with one attached hydrogen (secondary N) is 2. The molecule has 1 fully saturated rings. The van der Waals surface area contributed by atoms with Gasteiger partial charge in [0.2, 0.25) is 10.0 Å². The standard InChI is InChI=1S/C13H22N2O3S2/c1-14-10-12-5-6-13(19-12)20(16,17)15-8-7-11-4-2-3-9-18-11/h5-6,11,14-15H,2-4,7-10H2,1H3. The molecule has 2 heterocycles. The normalized spacial score (nSPS) is 20.1. The van der Waals surface area contributed by atoms with Gasteiger partial charge < -0.3 is 10.1 Å². The lowest BCUT2D eigenvalue weighted by molar-refractivity contribution is 0.0123. The molecule has 1 aromatic heterocycles. The van der Waals surface area contributed by atoms with Crippen molar-refractivity contribution in [1.29, 1.82) is 0 Å². The first kappa shape index (κ1) is 15.9. The van der Waals surface area contributed by atoms with Crippen LogP contribution >= 0.6 is 11.3 Å². The number of sulfonamides is 1. The highest BCUT2D eigenvalue weighted by Gasteiger charge is 2.18. The van der Waals surface area contributed by atoms with E-state index in [-0.39, 0.29) is 6.10 Å². The Morgan fingerprint density at radius 1 is 1.40 bits per heavy atom. The molecule has 2 rings (SSSR count). The molecule has 20 heavy (non-hydrogen) atoms. The summed E-state index contributed by atoms with van der Waals surface area (Å²) in [5.74, 6) is 0. The van der Waals surface area contributed by atoms with Gasteiger partial charge in [-0.1, -0.05) is 0 Å². The van der Waals surface area contributed by atoms with E-state index in [0.29, 0.717) is 17.3 Å². The van der Waals surface area contributed by atoms with Gasteiger partial charge in [0.15, 0.2) is 0 Å². The van der Waals surface area contributed by atoms with E-state index in [9.17, 15) is 8.42 Å². The average Bonchev–Trinajstić information content (AvgIpc) is 2.90. The Morgan fingerprint density at radius 3 is 2.95 bits per heavy atom. The topological polar surface area (TPSA) is 67.4 Å². The van der Waals surface area contributed by atoms with Gasteiger partial charge in [-0.15, -0.1) is 11.3 Å². The van der Waals surface area contributed by atoms with Gasteiger partial charge in [-0.05, 0) is 44.9 Å². The van der Waals surface area contributed by atoms with Gasteiger partial charge in [-0.3, -0.25) is 0 Å². The minimum atomic E-state index is -3.37. The zero-order valence-electron chi connectivity index (χ0n) is 11.7. The Labute approximate surface area is 124 Å². The number of hydrogen-bond donors (Lipinski definition) is 2. The van der Waals surface area contributed by atoms with Gasteiger partial charge >= 0.3 is 0 Å². The molecule has 0 saturated carbocycles. The average molecular weight is 318 g/mol. The van der Waals surface area contributed by atoms with Crippen molar-refractivity contribution in [3.05, 3.63) is 17.0 Å². The number of hydrogen-bond acceptors (Lipinski definition) is 5. The second kappa shape index (κ2) is 7.51. The van der Waals surface area contributed by atoms with E-state index in [2.05, 4.69) is 10.0 Å². The van der Waals surface area contributed by atoms with E-state index >= 15 is 0 Å². The van der Waals surface area contributed by atoms with Crippen molar-refractivity contribution in [3.63, 3.8) is 0 Å². The maximum Gasteiger partial charge on any atom is 0.250 e. The molecule has 1 aromatic rings. The first-order valence-electron chi connectivity index (χ1n) is 6.96. The number of rotatable bonds is 7. The van der Waals surface area contributed by atoms with E-state index in [1.54, 1.807) is 6.07 Å². The lowest BCUT2D eigenvalue weighted by Crippen LogP contribution is -2.29. The van der Waals surface area contributed by atoms with Crippen LogP contribution in [0, 0.1) is 0 Å². The summed E-state index contributed by atoms with van der Waals surface area (Å²) in [6.07, 6.45) is 4.28. The molecule has 0 bridgehead atoms. The second-order valence-corrected chi connectivity index (χ2v) is 8.09. The van der Waals surface area contributed by atoms with Gasteiger partial charge in [0.25, 0.3) is 0 Å². The first-order valence-corrected chi connectivity index (χ1v) is 9.26. The third-order valence-electron chi connectivity index (χ3n) is 3.29. The third-order valence-corrected chi connectivity index (χ3v) is 6.32. The minimum absolute atomic E-state index is 0.203. The summed E-state index contributed by atoms with van der Waals surface area (Å²) in [5, 5.41) is 3.01. The Hall–Kier alpha value is -0.470. The molecule has 5 nitrogen and oxygen atoms in total. The van der Waals surface area contributed by atoms with Crippen LogP contribution in [-0.2, 0) is 21.3 Å².